The molecule has 3 N–H and O–H groups in total. The summed E-state index contributed by atoms with van der Waals surface area (Å²) in [5.41, 5.74) is 6.79. The maximum Gasteiger partial charge on any atom is 0.237 e. The highest BCUT2D eigenvalue weighted by Crippen LogP contribution is 2.29. The topological polar surface area (TPSA) is 81.4 Å². The predicted octanol–water partition coefficient (Wildman–Crippen LogP) is 1.07. The first-order valence-electron chi connectivity index (χ1n) is 5.97. The smallest absolute Gasteiger partial charge is 0.237 e. The Morgan fingerprint density at radius 1 is 1.56 bits per heavy atom. The lowest BCUT2D eigenvalue weighted by Crippen LogP contribution is -2.39. The third-order valence-electron chi connectivity index (χ3n) is 2.90. The van der Waals surface area contributed by atoms with Crippen LogP contribution < -0.4 is 15.8 Å². The summed E-state index contributed by atoms with van der Waals surface area (Å²) in [4.78, 5) is 22.8. The van der Waals surface area contributed by atoms with E-state index in [1.807, 2.05) is 19.1 Å². The number of primary amides is 1. The lowest BCUT2D eigenvalue weighted by atomic mass is 9.92. The molecule has 1 unspecified atom stereocenters. The summed E-state index contributed by atoms with van der Waals surface area (Å²) < 4.78 is 5.49. The van der Waals surface area contributed by atoms with E-state index in [0.717, 1.165) is 12.0 Å². The van der Waals surface area contributed by atoms with Gasteiger partial charge >= 0.3 is 0 Å². The molecule has 0 radical (unpaired) electrons. The fraction of sp³-hybridized carbons (Fsp3) is 0.385. The van der Waals surface area contributed by atoms with Crippen LogP contribution in [0.25, 0.3) is 0 Å². The molecule has 0 fully saturated rings. The minimum Gasteiger partial charge on any atom is -0.494 e. The van der Waals surface area contributed by atoms with E-state index in [1.165, 1.54) is 0 Å². The second-order valence-corrected chi connectivity index (χ2v) is 4.32. The number of carbonyl (C=O) groups excluding carboxylic acids is 2. The van der Waals surface area contributed by atoms with Crippen molar-refractivity contribution in [3.63, 3.8) is 0 Å². The second kappa shape index (κ2) is 5.08. The molecule has 5 nitrogen and oxygen atoms in total. The number of amides is 2. The number of anilines is 1. The third-order valence-corrected chi connectivity index (χ3v) is 2.90. The van der Waals surface area contributed by atoms with Crippen molar-refractivity contribution in [1.82, 2.24) is 0 Å². The summed E-state index contributed by atoms with van der Waals surface area (Å²) in [7, 11) is 0. The Bertz CT molecular complexity index is 485. The van der Waals surface area contributed by atoms with Crippen molar-refractivity contribution in [2.45, 2.75) is 19.8 Å². The van der Waals surface area contributed by atoms with Gasteiger partial charge in [-0.3, -0.25) is 9.59 Å². The number of ether oxygens (including phenoxy) is 1. The molecule has 0 aromatic heterocycles. The standard InChI is InChI=1S/C13H16N2O3/c1-2-5-18-9-4-3-8-6-10(12(14)16)13(17)15-11(8)7-9/h3-4,7,10H,2,5-6H2,1H3,(H2,14,16)(H,15,17). The van der Waals surface area contributed by atoms with Crippen LogP contribution in [-0.2, 0) is 16.0 Å². The Hall–Kier alpha value is -2.04. The molecule has 1 atom stereocenters. The monoisotopic (exact) mass is 248 g/mol. The Labute approximate surface area is 105 Å². The van der Waals surface area contributed by atoms with E-state index >= 15 is 0 Å². The molecule has 1 aromatic carbocycles. The van der Waals surface area contributed by atoms with Gasteiger partial charge < -0.3 is 15.8 Å². The van der Waals surface area contributed by atoms with E-state index in [1.54, 1.807) is 6.07 Å². The fourth-order valence-corrected chi connectivity index (χ4v) is 1.92. The number of hydrogen-bond acceptors (Lipinski definition) is 3. The maximum absolute atomic E-state index is 11.7. The summed E-state index contributed by atoms with van der Waals surface area (Å²) in [6.07, 6.45) is 1.28. The molecule has 18 heavy (non-hydrogen) atoms. The van der Waals surface area contributed by atoms with E-state index in [-0.39, 0.29) is 5.91 Å². The van der Waals surface area contributed by atoms with Crippen molar-refractivity contribution in [1.29, 1.82) is 0 Å². The highest BCUT2D eigenvalue weighted by molar-refractivity contribution is 6.08. The minimum atomic E-state index is -0.778. The number of fused-ring (bicyclic) bond motifs is 1. The molecule has 2 amide bonds. The summed E-state index contributed by atoms with van der Waals surface area (Å²) in [6.45, 7) is 2.66. The van der Waals surface area contributed by atoms with Crippen LogP contribution in [0.15, 0.2) is 18.2 Å². The number of hydrogen-bond donors (Lipinski definition) is 2. The molecule has 0 saturated heterocycles. The van der Waals surface area contributed by atoms with Crippen LogP contribution in [0, 0.1) is 5.92 Å². The Morgan fingerprint density at radius 2 is 2.33 bits per heavy atom. The van der Waals surface area contributed by atoms with Crippen molar-refractivity contribution >= 4 is 17.5 Å². The van der Waals surface area contributed by atoms with Crippen LogP contribution in [0.1, 0.15) is 18.9 Å². The average Bonchev–Trinajstić information content (AvgIpc) is 2.34. The van der Waals surface area contributed by atoms with E-state index in [4.69, 9.17) is 10.5 Å². The van der Waals surface area contributed by atoms with Crippen LogP contribution in [0.2, 0.25) is 0 Å². The molecular weight excluding hydrogens is 232 g/mol. The van der Waals surface area contributed by atoms with Gasteiger partial charge in [0.1, 0.15) is 11.7 Å². The van der Waals surface area contributed by atoms with Crippen LogP contribution in [0.3, 0.4) is 0 Å². The van der Waals surface area contributed by atoms with Crippen LogP contribution >= 0.6 is 0 Å². The van der Waals surface area contributed by atoms with Gasteiger partial charge in [0.05, 0.1) is 6.61 Å². The summed E-state index contributed by atoms with van der Waals surface area (Å²) >= 11 is 0. The first-order chi connectivity index (χ1) is 8.61. The largest absolute Gasteiger partial charge is 0.494 e. The number of nitrogens with two attached hydrogens (primary N) is 1. The second-order valence-electron chi connectivity index (χ2n) is 4.32. The van der Waals surface area contributed by atoms with Crippen LogP contribution in [0.5, 0.6) is 5.75 Å². The van der Waals surface area contributed by atoms with Crippen LogP contribution in [-0.4, -0.2) is 18.4 Å². The molecule has 2 rings (SSSR count). The van der Waals surface area contributed by atoms with Gasteiger partial charge in [-0.15, -0.1) is 0 Å². The molecule has 1 heterocycles. The Kier molecular flexibility index (Phi) is 3.50. The van der Waals surface area contributed by atoms with Gasteiger partial charge in [-0.1, -0.05) is 13.0 Å². The predicted molar refractivity (Wildman–Crippen MR) is 67.2 cm³/mol. The zero-order chi connectivity index (χ0) is 13.1. The first kappa shape index (κ1) is 12.4. The van der Waals surface area contributed by atoms with Crippen molar-refractivity contribution < 1.29 is 14.3 Å². The van der Waals surface area contributed by atoms with Crippen molar-refractivity contribution in [2.75, 3.05) is 11.9 Å². The van der Waals surface area contributed by atoms with Gasteiger partial charge in [0.25, 0.3) is 0 Å². The van der Waals surface area contributed by atoms with Gasteiger partial charge in [0.15, 0.2) is 0 Å². The molecule has 0 bridgehead atoms. The Balaban J connectivity index is 2.20. The number of carbonyl (C=O) groups is 2. The van der Waals surface area contributed by atoms with E-state index < -0.39 is 11.8 Å². The van der Waals surface area contributed by atoms with Crippen LogP contribution in [0.4, 0.5) is 5.69 Å². The fourth-order valence-electron chi connectivity index (χ4n) is 1.92. The SMILES string of the molecule is CCCOc1ccc2c(c1)NC(=O)C(C(N)=O)C2. The molecule has 5 heteroatoms. The number of rotatable bonds is 4. The minimum absolute atomic E-state index is 0.345. The van der Waals surface area contributed by atoms with Crippen molar-refractivity contribution in [3.05, 3.63) is 23.8 Å². The number of nitrogens with one attached hydrogen (secondary N) is 1. The van der Waals surface area contributed by atoms with E-state index in [9.17, 15) is 9.59 Å². The van der Waals surface area contributed by atoms with Gasteiger partial charge in [-0.2, -0.15) is 0 Å². The van der Waals surface area contributed by atoms with E-state index in [0.29, 0.717) is 24.5 Å². The lowest BCUT2D eigenvalue weighted by Gasteiger charge is -2.23. The average molecular weight is 248 g/mol. The van der Waals surface area contributed by atoms with Gasteiger partial charge in [0.2, 0.25) is 11.8 Å². The lowest BCUT2D eigenvalue weighted by molar-refractivity contribution is -0.130. The maximum atomic E-state index is 11.7. The van der Waals surface area contributed by atoms with Crippen molar-refractivity contribution in [3.8, 4) is 5.75 Å². The quantitative estimate of drug-likeness (QED) is 0.782. The molecule has 1 aromatic rings. The van der Waals surface area contributed by atoms with Crippen molar-refractivity contribution in [2.24, 2.45) is 11.7 Å². The summed E-state index contributed by atoms with van der Waals surface area (Å²) in [5, 5.41) is 2.69. The molecule has 96 valence electrons. The van der Waals surface area contributed by atoms with Gasteiger partial charge in [-0.25, -0.2) is 0 Å². The molecule has 0 saturated carbocycles. The molecule has 0 spiro atoms. The summed E-state index contributed by atoms with van der Waals surface area (Å²) in [6, 6.07) is 5.47. The molecule has 1 aliphatic heterocycles. The normalized spacial score (nSPS) is 17.8. The Morgan fingerprint density at radius 3 is 3.00 bits per heavy atom. The zero-order valence-corrected chi connectivity index (χ0v) is 10.2. The summed E-state index contributed by atoms with van der Waals surface area (Å²) in [5.74, 6) is -1.000. The molecule has 1 aliphatic rings. The number of benzene rings is 1. The first-order valence-corrected chi connectivity index (χ1v) is 5.97. The highest BCUT2D eigenvalue weighted by Gasteiger charge is 2.30. The van der Waals surface area contributed by atoms with Gasteiger partial charge in [-0.05, 0) is 24.5 Å². The van der Waals surface area contributed by atoms with E-state index in [2.05, 4.69) is 5.32 Å². The zero-order valence-electron chi connectivity index (χ0n) is 10.2. The molecule has 0 aliphatic carbocycles. The third kappa shape index (κ3) is 2.45. The molecular formula is C13H16N2O3. The highest BCUT2D eigenvalue weighted by atomic mass is 16.5. The van der Waals surface area contributed by atoms with Gasteiger partial charge in [0, 0.05) is 11.8 Å².